The third-order valence-electron chi connectivity index (χ3n) is 2.72. The highest BCUT2D eigenvalue weighted by Crippen LogP contribution is 2.20. The molecule has 2 aromatic carbocycles. The molecule has 0 aliphatic rings. The first kappa shape index (κ1) is 14.9. The average Bonchev–Trinajstić information content (AvgIpc) is 2.40. The van der Waals surface area contributed by atoms with Gasteiger partial charge >= 0.3 is 0 Å². The summed E-state index contributed by atoms with van der Waals surface area (Å²) in [6, 6.07) is 12.2. The molecule has 0 aliphatic carbocycles. The Morgan fingerprint density at radius 1 is 1.10 bits per heavy atom. The predicted molar refractivity (Wildman–Crippen MR) is 83.9 cm³/mol. The summed E-state index contributed by atoms with van der Waals surface area (Å²) in [6.45, 7) is 0. The SMILES string of the molecule is N=C(N)c1cc(F)cc(CSCc2ccc(Cl)cc2)c1. The number of nitrogens with two attached hydrogens (primary N) is 1. The second kappa shape index (κ2) is 6.77. The van der Waals surface area contributed by atoms with Crippen molar-refractivity contribution in [3.63, 3.8) is 0 Å². The number of hydrogen-bond acceptors (Lipinski definition) is 2. The van der Waals surface area contributed by atoms with Gasteiger partial charge in [0.1, 0.15) is 11.7 Å². The van der Waals surface area contributed by atoms with Crippen LogP contribution < -0.4 is 5.73 Å². The number of thioether (sulfide) groups is 1. The molecule has 5 heteroatoms. The van der Waals surface area contributed by atoms with Gasteiger partial charge in [-0.15, -0.1) is 0 Å². The van der Waals surface area contributed by atoms with Crippen molar-refractivity contribution in [3.8, 4) is 0 Å². The Labute approximate surface area is 126 Å². The lowest BCUT2D eigenvalue weighted by Gasteiger charge is -2.06. The standard InChI is InChI=1S/C15H14ClFN2S/c16-13-3-1-10(2-4-13)8-20-9-11-5-12(15(18)19)7-14(17)6-11/h1-7H,8-9H2,(H3,18,19). The number of amidine groups is 1. The first-order valence-corrected chi connectivity index (χ1v) is 7.54. The molecule has 20 heavy (non-hydrogen) atoms. The lowest BCUT2D eigenvalue weighted by atomic mass is 10.1. The van der Waals surface area contributed by atoms with Crippen LogP contribution in [0.2, 0.25) is 5.02 Å². The van der Waals surface area contributed by atoms with E-state index in [0.717, 1.165) is 16.3 Å². The molecule has 0 radical (unpaired) electrons. The second-order valence-electron chi connectivity index (χ2n) is 4.38. The van der Waals surface area contributed by atoms with Crippen LogP contribution >= 0.6 is 23.4 Å². The highest BCUT2D eigenvalue weighted by atomic mass is 35.5. The third-order valence-corrected chi connectivity index (χ3v) is 4.05. The maximum Gasteiger partial charge on any atom is 0.124 e. The summed E-state index contributed by atoms with van der Waals surface area (Å²) in [6.07, 6.45) is 0. The highest BCUT2D eigenvalue weighted by Gasteiger charge is 2.04. The van der Waals surface area contributed by atoms with Gasteiger partial charge < -0.3 is 5.73 Å². The van der Waals surface area contributed by atoms with Crippen LogP contribution in [0.15, 0.2) is 42.5 Å². The Hall–Kier alpha value is -1.52. The summed E-state index contributed by atoms with van der Waals surface area (Å²) in [4.78, 5) is 0. The molecule has 0 spiro atoms. The van der Waals surface area contributed by atoms with E-state index in [1.54, 1.807) is 17.8 Å². The fourth-order valence-corrected chi connectivity index (χ4v) is 2.82. The van der Waals surface area contributed by atoms with Crippen LogP contribution in [-0.4, -0.2) is 5.84 Å². The fourth-order valence-electron chi connectivity index (χ4n) is 1.76. The molecule has 2 nitrogen and oxygen atoms in total. The van der Waals surface area contributed by atoms with E-state index in [2.05, 4.69) is 0 Å². The van der Waals surface area contributed by atoms with Gasteiger partial charge in [0.05, 0.1) is 0 Å². The lowest BCUT2D eigenvalue weighted by Crippen LogP contribution is -2.11. The molecule has 0 saturated carbocycles. The minimum absolute atomic E-state index is 0.117. The summed E-state index contributed by atoms with van der Waals surface area (Å²) in [5, 5.41) is 8.07. The highest BCUT2D eigenvalue weighted by molar-refractivity contribution is 7.97. The van der Waals surface area contributed by atoms with Crippen LogP contribution in [0.4, 0.5) is 4.39 Å². The van der Waals surface area contributed by atoms with Crippen molar-refractivity contribution >= 4 is 29.2 Å². The zero-order chi connectivity index (χ0) is 14.5. The van der Waals surface area contributed by atoms with Crippen LogP contribution in [0.25, 0.3) is 0 Å². The van der Waals surface area contributed by atoms with Crippen LogP contribution in [-0.2, 0) is 11.5 Å². The van der Waals surface area contributed by atoms with Crippen molar-refractivity contribution < 1.29 is 4.39 Å². The van der Waals surface area contributed by atoms with Gasteiger partial charge in [-0.3, -0.25) is 5.41 Å². The molecular formula is C15H14ClFN2S. The number of hydrogen-bond donors (Lipinski definition) is 2. The molecule has 3 N–H and O–H groups in total. The van der Waals surface area contributed by atoms with Crippen molar-refractivity contribution in [2.24, 2.45) is 5.73 Å². The van der Waals surface area contributed by atoms with E-state index in [1.165, 1.54) is 17.7 Å². The molecule has 0 bridgehead atoms. The minimum Gasteiger partial charge on any atom is -0.384 e. The minimum atomic E-state index is -0.361. The predicted octanol–water partition coefficient (Wildman–Crippen LogP) is 4.20. The topological polar surface area (TPSA) is 49.9 Å². The van der Waals surface area contributed by atoms with Crippen molar-refractivity contribution in [1.29, 1.82) is 5.41 Å². The monoisotopic (exact) mass is 308 g/mol. The Balaban J connectivity index is 1.97. The molecule has 2 aromatic rings. The zero-order valence-corrected chi connectivity index (χ0v) is 12.3. The normalized spacial score (nSPS) is 10.5. The molecule has 0 saturated heterocycles. The lowest BCUT2D eigenvalue weighted by molar-refractivity contribution is 0.626. The Bertz CT molecular complexity index is 614. The van der Waals surface area contributed by atoms with E-state index >= 15 is 0 Å². The largest absolute Gasteiger partial charge is 0.384 e. The number of nitrogen functional groups attached to an aromatic ring is 1. The first-order chi connectivity index (χ1) is 9.54. The fraction of sp³-hybridized carbons (Fsp3) is 0.133. The van der Waals surface area contributed by atoms with Gasteiger partial charge in [-0.1, -0.05) is 23.7 Å². The molecule has 0 amide bonds. The quantitative estimate of drug-likeness (QED) is 0.642. The van der Waals surface area contributed by atoms with Crippen LogP contribution in [0.5, 0.6) is 0 Å². The van der Waals surface area contributed by atoms with Gasteiger partial charge in [0.15, 0.2) is 0 Å². The Kier molecular flexibility index (Phi) is 5.04. The summed E-state index contributed by atoms with van der Waals surface area (Å²) in [5.74, 6) is 1.01. The first-order valence-electron chi connectivity index (χ1n) is 6.00. The smallest absolute Gasteiger partial charge is 0.124 e. The van der Waals surface area contributed by atoms with Crippen molar-refractivity contribution in [3.05, 3.63) is 70.0 Å². The van der Waals surface area contributed by atoms with Crippen molar-refractivity contribution in [1.82, 2.24) is 0 Å². The Morgan fingerprint density at radius 3 is 2.40 bits per heavy atom. The van der Waals surface area contributed by atoms with Gasteiger partial charge in [0.2, 0.25) is 0 Å². The molecular weight excluding hydrogens is 295 g/mol. The summed E-state index contributed by atoms with van der Waals surface area (Å²) in [7, 11) is 0. The molecule has 0 fully saturated rings. The molecule has 0 unspecified atom stereocenters. The van der Waals surface area contributed by atoms with E-state index in [1.807, 2.05) is 24.3 Å². The average molecular weight is 309 g/mol. The van der Waals surface area contributed by atoms with Crippen LogP contribution in [0, 0.1) is 11.2 Å². The van der Waals surface area contributed by atoms with Gasteiger partial charge in [-0.25, -0.2) is 4.39 Å². The van der Waals surface area contributed by atoms with Crippen molar-refractivity contribution in [2.45, 2.75) is 11.5 Å². The number of nitrogens with one attached hydrogen (secondary N) is 1. The van der Waals surface area contributed by atoms with Gasteiger partial charge in [-0.05, 0) is 41.5 Å². The summed E-state index contributed by atoms with van der Waals surface area (Å²) in [5.41, 5.74) is 7.80. The van der Waals surface area contributed by atoms with Gasteiger partial charge in [0, 0.05) is 22.1 Å². The molecule has 0 heterocycles. The third kappa shape index (κ3) is 4.25. The summed E-state index contributed by atoms with van der Waals surface area (Å²) >= 11 is 7.50. The van der Waals surface area contributed by atoms with E-state index in [0.29, 0.717) is 11.3 Å². The van der Waals surface area contributed by atoms with E-state index in [4.69, 9.17) is 22.7 Å². The molecule has 0 aromatic heterocycles. The van der Waals surface area contributed by atoms with Gasteiger partial charge in [0.25, 0.3) is 0 Å². The van der Waals surface area contributed by atoms with Crippen LogP contribution in [0.1, 0.15) is 16.7 Å². The van der Waals surface area contributed by atoms with Crippen molar-refractivity contribution in [2.75, 3.05) is 0 Å². The molecule has 0 aliphatic heterocycles. The maximum absolute atomic E-state index is 13.4. The van der Waals surface area contributed by atoms with Gasteiger partial charge in [-0.2, -0.15) is 11.8 Å². The molecule has 104 valence electrons. The number of halogens is 2. The maximum atomic E-state index is 13.4. The zero-order valence-electron chi connectivity index (χ0n) is 10.7. The molecule has 2 rings (SSSR count). The van der Waals surface area contributed by atoms with E-state index in [-0.39, 0.29) is 11.7 Å². The van der Waals surface area contributed by atoms with E-state index < -0.39 is 0 Å². The van der Waals surface area contributed by atoms with Crippen LogP contribution in [0.3, 0.4) is 0 Å². The summed E-state index contributed by atoms with van der Waals surface area (Å²) < 4.78 is 13.4. The Morgan fingerprint density at radius 2 is 1.75 bits per heavy atom. The van der Waals surface area contributed by atoms with E-state index in [9.17, 15) is 4.39 Å². The number of benzene rings is 2. The second-order valence-corrected chi connectivity index (χ2v) is 5.80. The number of rotatable bonds is 5. The molecule has 0 atom stereocenters.